The van der Waals surface area contributed by atoms with E-state index in [1.807, 2.05) is 12.3 Å². The largest absolute Gasteiger partial charge is 0.376 e. The van der Waals surface area contributed by atoms with Crippen LogP contribution in [0.15, 0.2) is 65.7 Å². The van der Waals surface area contributed by atoms with Crippen molar-refractivity contribution in [3.05, 3.63) is 71.8 Å². The van der Waals surface area contributed by atoms with Gasteiger partial charge in [-0.15, -0.1) is 0 Å². The summed E-state index contributed by atoms with van der Waals surface area (Å²) in [5.74, 6) is 0. The topological polar surface area (TPSA) is 21.6 Å². The number of hydrogen-bond donors (Lipinski definition) is 0. The van der Waals surface area contributed by atoms with E-state index in [9.17, 15) is 0 Å². The summed E-state index contributed by atoms with van der Waals surface area (Å²) in [7, 11) is 0. The second-order valence-electron chi connectivity index (χ2n) is 7.89. The Kier molecular flexibility index (Phi) is 5.70. The second-order valence-corrected chi connectivity index (χ2v) is 7.89. The van der Waals surface area contributed by atoms with E-state index in [4.69, 9.17) is 9.73 Å². The van der Waals surface area contributed by atoms with Crippen molar-refractivity contribution in [3.63, 3.8) is 0 Å². The van der Waals surface area contributed by atoms with E-state index in [0.717, 1.165) is 38.8 Å². The predicted octanol–water partition coefficient (Wildman–Crippen LogP) is 5.31. The molecule has 132 valence electrons. The fraction of sp³-hybridized carbons (Fsp3) is 0.435. The van der Waals surface area contributed by atoms with Crippen LogP contribution in [0.4, 0.5) is 0 Å². The lowest BCUT2D eigenvalue weighted by Gasteiger charge is -2.45. The highest BCUT2D eigenvalue weighted by Crippen LogP contribution is 2.44. The molecule has 25 heavy (non-hydrogen) atoms. The Balaban J connectivity index is 1.69. The maximum Gasteiger partial charge on any atom is 0.0631 e. The molecule has 0 aliphatic carbocycles. The molecule has 0 bridgehead atoms. The molecule has 1 aliphatic heterocycles. The highest BCUT2D eigenvalue weighted by molar-refractivity contribution is 5.79. The zero-order valence-electron chi connectivity index (χ0n) is 15.4. The Labute approximate surface area is 152 Å². The van der Waals surface area contributed by atoms with Gasteiger partial charge < -0.3 is 4.74 Å². The minimum absolute atomic E-state index is 0.0455. The van der Waals surface area contributed by atoms with E-state index >= 15 is 0 Å². The van der Waals surface area contributed by atoms with Gasteiger partial charge in [0.2, 0.25) is 0 Å². The summed E-state index contributed by atoms with van der Waals surface area (Å²) in [6, 6.07) is 21.2. The average Bonchev–Trinajstić information content (AvgIpc) is 2.60. The highest BCUT2D eigenvalue weighted by Gasteiger charge is 2.40. The van der Waals surface area contributed by atoms with E-state index in [-0.39, 0.29) is 11.0 Å². The number of aliphatic imine (C=N–C) groups is 1. The first-order valence-corrected chi connectivity index (χ1v) is 9.30. The molecule has 0 spiro atoms. The van der Waals surface area contributed by atoms with Crippen molar-refractivity contribution >= 4 is 6.21 Å². The van der Waals surface area contributed by atoms with Crippen molar-refractivity contribution in [2.24, 2.45) is 10.4 Å². The SMILES string of the molecule is CC1(C)CC(CC/N=C/c2ccccc2)(Cc2ccccc2)CCO1. The van der Waals surface area contributed by atoms with Crippen LogP contribution in [0, 0.1) is 5.41 Å². The van der Waals surface area contributed by atoms with Crippen molar-refractivity contribution < 1.29 is 4.74 Å². The first-order chi connectivity index (χ1) is 12.1. The molecule has 1 heterocycles. The van der Waals surface area contributed by atoms with Gasteiger partial charge in [0, 0.05) is 19.4 Å². The zero-order valence-corrected chi connectivity index (χ0v) is 15.4. The molecule has 1 aliphatic rings. The van der Waals surface area contributed by atoms with Gasteiger partial charge in [0.05, 0.1) is 5.60 Å². The first kappa shape index (κ1) is 17.9. The lowest BCUT2D eigenvalue weighted by atomic mass is 9.68. The molecule has 1 fully saturated rings. The Morgan fingerprint density at radius 1 is 1.00 bits per heavy atom. The fourth-order valence-electron chi connectivity index (χ4n) is 4.08. The molecule has 1 unspecified atom stereocenters. The summed E-state index contributed by atoms with van der Waals surface area (Å²) < 4.78 is 6.00. The summed E-state index contributed by atoms with van der Waals surface area (Å²) in [5, 5.41) is 0. The maximum atomic E-state index is 6.00. The molecule has 1 saturated heterocycles. The summed E-state index contributed by atoms with van der Waals surface area (Å²) in [5.41, 5.74) is 2.83. The maximum absolute atomic E-state index is 6.00. The van der Waals surface area contributed by atoms with E-state index in [0.29, 0.717) is 0 Å². The minimum atomic E-state index is -0.0455. The van der Waals surface area contributed by atoms with Crippen molar-refractivity contribution in [3.8, 4) is 0 Å². The van der Waals surface area contributed by atoms with Gasteiger partial charge in [-0.3, -0.25) is 4.99 Å². The van der Waals surface area contributed by atoms with Gasteiger partial charge in [0.15, 0.2) is 0 Å². The van der Waals surface area contributed by atoms with E-state index < -0.39 is 0 Å². The quantitative estimate of drug-likeness (QED) is 0.655. The number of nitrogens with zero attached hydrogens (tertiary/aromatic N) is 1. The fourth-order valence-corrected chi connectivity index (χ4v) is 4.08. The summed E-state index contributed by atoms with van der Waals surface area (Å²) in [6.45, 7) is 6.17. The lowest BCUT2D eigenvalue weighted by molar-refractivity contribution is -0.106. The van der Waals surface area contributed by atoms with Gasteiger partial charge >= 0.3 is 0 Å². The first-order valence-electron chi connectivity index (χ1n) is 9.30. The van der Waals surface area contributed by atoms with Crippen LogP contribution in [-0.4, -0.2) is 25.0 Å². The molecule has 2 aromatic carbocycles. The predicted molar refractivity (Wildman–Crippen MR) is 105 cm³/mol. The van der Waals surface area contributed by atoms with Gasteiger partial charge in [0.1, 0.15) is 0 Å². The van der Waals surface area contributed by atoms with E-state index in [1.165, 1.54) is 11.1 Å². The van der Waals surface area contributed by atoms with Crippen LogP contribution in [-0.2, 0) is 11.2 Å². The van der Waals surface area contributed by atoms with Crippen molar-refractivity contribution in [2.45, 2.75) is 45.1 Å². The molecule has 2 nitrogen and oxygen atoms in total. The van der Waals surface area contributed by atoms with Crippen LogP contribution in [0.25, 0.3) is 0 Å². The summed E-state index contributed by atoms with van der Waals surface area (Å²) >= 11 is 0. The molecule has 2 aromatic rings. The molecule has 1 atom stereocenters. The number of ether oxygens (including phenoxy) is 1. The van der Waals surface area contributed by atoms with Gasteiger partial charge in [0.25, 0.3) is 0 Å². The van der Waals surface area contributed by atoms with Crippen LogP contribution in [0.1, 0.15) is 44.2 Å². The normalized spacial score (nSPS) is 23.0. The number of hydrogen-bond acceptors (Lipinski definition) is 2. The molecule has 0 amide bonds. The number of rotatable bonds is 6. The smallest absolute Gasteiger partial charge is 0.0631 e. The molecule has 3 rings (SSSR count). The minimum Gasteiger partial charge on any atom is -0.376 e. The summed E-state index contributed by atoms with van der Waals surface area (Å²) in [6.07, 6.45) is 6.43. The highest BCUT2D eigenvalue weighted by atomic mass is 16.5. The molecule has 0 saturated carbocycles. The monoisotopic (exact) mass is 335 g/mol. The van der Waals surface area contributed by atoms with Gasteiger partial charge in [-0.05, 0) is 56.1 Å². The van der Waals surface area contributed by atoms with Crippen LogP contribution in [0.5, 0.6) is 0 Å². The molecular formula is C23H29NO. The third-order valence-electron chi connectivity index (χ3n) is 5.16. The molecular weight excluding hydrogens is 306 g/mol. The van der Waals surface area contributed by atoms with Gasteiger partial charge in [-0.1, -0.05) is 60.7 Å². The van der Waals surface area contributed by atoms with Crippen molar-refractivity contribution in [1.29, 1.82) is 0 Å². The average molecular weight is 335 g/mol. The van der Waals surface area contributed by atoms with Crippen LogP contribution < -0.4 is 0 Å². The van der Waals surface area contributed by atoms with Crippen LogP contribution >= 0.6 is 0 Å². The molecule has 0 radical (unpaired) electrons. The Morgan fingerprint density at radius 2 is 1.68 bits per heavy atom. The number of benzene rings is 2. The Bertz CT molecular complexity index is 678. The lowest BCUT2D eigenvalue weighted by Crippen LogP contribution is -2.43. The van der Waals surface area contributed by atoms with Crippen molar-refractivity contribution in [2.75, 3.05) is 13.2 Å². The molecule has 2 heteroatoms. The standard InChI is InChI=1S/C23H29NO/c1-22(2)19-23(14-16-25-22,17-20-9-5-3-6-10-20)13-15-24-18-21-11-7-4-8-12-21/h3-12,18H,13-17,19H2,1-2H3/b24-18+. The molecule has 0 N–H and O–H groups in total. The van der Waals surface area contributed by atoms with Crippen molar-refractivity contribution in [1.82, 2.24) is 0 Å². The van der Waals surface area contributed by atoms with E-state index in [1.54, 1.807) is 0 Å². The van der Waals surface area contributed by atoms with Crippen LogP contribution in [0.2, 0.25) is 0 Å². The van der Waals surface area contributed by atoms with Crippen LogP contribution in [0.3, 0.4) is 0 Å². The Morgan fingerprint density at radius 3 is 2.36 bits per heavy atom. The third kappa shape index (κ3) is 5.27. The Hall–Kier alpha value is -1.93. The zero-order chi connectivity index (χ0) is 17.6. The third-order valence-corrected chi connectivity index (χ3v) is 5.16. The van der Waals surface area contributed by atoms with Gasteiger partial charge in [-0.25, -0.2) is 0 Å². The molecule has 0 aromatic heterocycles. The second kappa shape index (κ2) is 7.97. The van der Waals surface area contributed by atoms with Gasteiger partial charge in [-0.2, -0.15) is 0 Å². The summed E-state index contributed by atoms with van der Waals surface area (Å²) in [4.78, 5) is 4.70. The van der Waals surface area contributed by atoms with E-state index in [2.05, 4.69) is 68.4 Å².